The number of amides is 1. The Balaban J connectivity index is 1.75. The average Bonchev–Trinajstić information content (AvgIpc) is 3.16. The lowest BCUT2D eigenvalue weighted by molar-refractivity contribution is -0.384. The summed E-state index contributed by atoms with van der Waals surface area (Å²) in [6.07, 6.45) is -4.62. The van der Waals surface area contributed by atoms with Crippen LogP contribution in [0.1, 0.15) is 16.7 Å². The minimum atomic E-state index is -4.77. The average molecular weight is 418 g/mol. The second-order valence-electron chi connectivity index (χ2n) is 6.46. The molecule has 0 aromatic heterocycles. The standard InChI is InChI=1S/C18H9F3N4O3S/c19-18(20,21)13-7-11(2-1-9(13)8-22)23-16(26)15-6-10-5-12(25(27)28)3-4-14(10)24(15)17(23)29/h1-5,7,15H,6H2. The quantitative estimate of drug-likeness (QED) is 0.421. The highest BCUT2D eigenvalue weighted by molar-refractivity contribution is 7.81. The van der Waals surface area contributed by atoms with Crippen LogP contribution in [0.3, 0.4) is 0 Å². The Morgan fingerprint density at radius 1 is 1.24 bits per heavy atom. The third-order valence-corrected chi connectivity index (χ3v) is 5.23. The number of hydrogen-bond acceptors (Lipinski definition) is 5. The lowest BCUT2D eigenvalue weighted by Gasteiger charge is -2.21. The van der Waals surface area contributed by atoms with E-state index in [1.807, 2.05) is 0 Å². The molecule has 1 fully saturated rings. The molecule has 29 heavy (non-hydrogen) atoms. The number of halogens is 3. The van der Waals surface area contributed by atoms with Gasteiger partial charge in [0.25, 0.3) is 11.6 Å². The molecule has 0 radical (unpaired) electrons. The maximum atomic E-state index is 13.3. The number of alkyl halides is 3. The first-order valence-electron chi connectivity index (χ1n) is 8.19. The molecule has 1 saturated heterocycles. The zero-order chi connectivity index (χ0) is 21.1. The molecule has 7 nitrogen and oxygen atoms in total. The van der Waals surface area contributed by atoms with Crippen molar-refractivity contribution in [3.05, 3.63) is 63.2 Å². The van der Waals surface area contributed by atoms with Crippen molar-refractivity contribution in [2.24, 2.45) is 0 Å². The molecule has 4 rings (SSSR count). The first-order valence-corrected chi connectivity index (χ1v) is 8.60. The number of rotatable bonds is 2. The zero-order valence-corrected chi connectivity index (χ0v) is 15.1. The molecular weight excluding hydrogens is 409 g/mol. The van der Waals surface area contributed by atoms with Gasteiger partial charge in [0, 0.05) is 24.2 Å². The number of nitriles is 1. The van der Waals surface area contributed by atoms with Crippen LogP contribution in [0.25, 0.3) is 0 Å². The number of nitro groups is 1. The van der Waals surface area contributed by atoms with Crippen LogP contribution < -0.4 is 9.80 Å². The number of anilines is 2. The molecule has 146 valence electrons. The third-order valence-electron chi connectivity index (χ3n) is 4.85. The van der Waals surface area contributed by atoms with Gasteiger partial charge in [-0.05, 0) is 42.0 Å². The normalized spacial score (nSPS) is 17.9. The van der Waals surface area contributed by atoms with Crippen LogP contribution in [-0.2, 0) is 17.4 Å². The minimum Gasteiger partial charge on any atom is -0.305 e. The van der Waals surface area contributed by atoms with Gasteiger partial charge in [0.15, 0.2) is 5.11 Å². The molecule has 0 aliphatic carbocycles. The van der Waals surface area contributed by atoms with Gasteiger partial charge in [-0.1, -0.05) is 0 Å². The fourth-order valence-corrected chi connectivity index (χ4v) is 4.00. The molecule has 2 heterocycles. The largest absolute Gasteiger partial charge is 0.417 e. The summed E-state index contributed by atoms with van der Waals surface area (Å²) in [4.78, 5) is 25.8. The van der Waals surface area contributed by atoms with Gasteiger partial charge < -0.3 is 4.90 Å². The number of carbonyl (C=O) groups excluding carboxylic acids is 1. The molecule has 0 N–H and O–H groups in total. The lowest BCUT2D eigenvalue weighted by Crippen LogP contribution is -2.33. The van der Waals surface area contributed by atoms with E-state index in [-0.39, 0.29) is 22.9 Å². The summed E-state index contributed by atoms with van der Waals surface area (Å²) >= 11 is 5.35. The fourth-order valence-electron chi connectivity index (χ4n) is 3.58. The highest BCUT2D eigenvalue weighted by atomic mass is 32.1. The molecule has 1 amide bonds. The Hall–Kier alpha value is -3.52. The van der Waals surface area contributed by atoms with E-state index in [4.69, 9.17) is 17.5 Å². The van der Waals surface area contributed by atoms with Gasteiger partial charge in [0.2, 0.25) is 0 Å². The van der Waals surface area contributed by atoms with Gasteiger partial charge in [-0.2, -0.15) is 18.4 Å². The summed E-state index contributed by atoms with van der Waals surface area (Å²) in [6, 6.07) is 7.76. The summed E-state index contributed by atoms with van der Waals surface area (Å²) in [7, 11) is 0. The molecular formula is C18H9F3N4O3S. The number of fused-ring (bicyclic) bond motifs is 3. The van der Waals surface area contributed by atoms with E-state index in [9.17, 15) is 28.1 Å². The maximum absolute atomic E-state index is 13.3. The van der Waals surface area contributed by atoms with Crippen LogP contribution in [0, 0.1) is 21.4 Å². The SMILES string of the molecule is N#Cc1ccc(N2C(=O)C3Cc4cc([N+](=O)[O-])ccc4N3C2=S)cc1C(F)(F)F. The molecule has 0 saturated carbocycles. The predicted octanol–water partition coefficient (Wildman–Crippen LogP) is 3.55. The van der Waals surface area contributed by atoms with Crippen LogP contribution in [0.4, 0.5) is 30.2 Å². The van der Waals surface area contributed by atoms with Crippen molar-refractivity contribution in [3.8, 4) is 6.07 Å². The van der Waals surface area contributed by atoms with E-state index in [0.29, 0.717) is 11.3 Å². The van der Waals surface area contributed by atoms with Gasteiger partial charge >= 0.3 is 6.18 Å². The molecule has 2 aliphatic heterocycles. The minimum absolute atomic E-state index is 0.0227. The van der Waals surface area contributed by atoms with Crippen molar-refractivity contribution in [1.29, 1.82) is 5.26 Å². The van der Waals surface area contributed by atoms with Crippen LogP contribution in [0.15, 0.2) is 36.4 Å². The van der Waals surface area contributed by atoms with Crippen LogP contribution in [-0.4, -0.2) is 22.0 Å². The van der Waals surface area contributed by atoms with Crippen molar-refractivity contribution in [2.45, 2.75) is 18.6 Å². The molecule has 2 aromatic rings. The molecule has 1 atom stereocenters. The highest BCUT2D eigenvalue weighted by Crippen LogP contribution is 2.42. The third kappa shape index (κ3) is 2.80. The Labute approximate surface area is 166 Å². The topological polar surface area (TPSA) is 90.5 Å². The summed E-state index contributed by atoms with van der Waals surface area (Å²) in [5, 5.41) is 19.9. The Morgan fingerprint density at radius 2 is 1.97 bits per heavy atom. The number of nitrogens with zero attached hydrogens (tertiary/aromatic N) is 4. The molecule has 2 aromatic carbocycles. The van der Waals surface area contributed by atoms with Crippen LogP contribution in [0.5, 0.6) is 0 Å². The van der Waals surface area contributed by atoms with Crippen molar-refractivity contribution < 1.29 is 22.9 Å². The molecule has 1 unspecified atom stereocenters. The van der Waals surface area contributed by atoms with Crippen molar-refractivity contribution in [2.75, 3.05) is 9.80 Å². The maximum Gasteiger partial charge on any atom is 0.417 e. The number of benzene rings is 2. The van der Waals surface area contributed by atoms with E-state index in [0.717, 1.165) is 17.0 Å². The first kappa shape index (κ1) is 18.8. The number of non-ortho nitro benzene ring substituents is 1. The highest BCUT2D eigenvalue weighted by Gasteiger charge is 2.49. The van der Waals surface area contributed by atoms with Crippen molar-refractivity contribution in [3.63, 3.8) is 0 Å². The second-order valence-corrected chi connectivity index (χ2v) is 6.82. The summed E-state index contributed by atoms with van der Waals surface area (Å²) in [5.74, 6) is -0.535. The summed E-state index contributed by atoms with van der Waals surface area (Å²) in [5.41, 5.74) is -0.860. The van der Waals surface area contributed by atoms with E-state index in [1.165, 1.54) is 35.2 Å². The zero-order valence-electron chi connectivity index (χ0n) is 14.3. The summed E-state index contributed by atoms with van der Waals surface area (Å²) in [6.45, 7) is 0. The van der Waals surface area contributed by atoms with E-state index >= 15 is 0 Å². The smallest absolute Gasteiger partial charge is 0.305 e. The first-order chi connectivity index (χ1) is 13.6. The monoisotopic (exact) mass is 418 g/mol. The molecule has 0 bridgehead atoms. The number of hydrogen-bond donors (Lipinski definition) is 0. The van der Waals surface area contributed by atoms with Crippen molar-refractivity contribution in [1.82, 2.24) is 0 Å². The van der Waals surface area contributed by atoms with E-state index in [1.54, 1.807) is 0 Å². The Bertz CT molecular complexity index is 1140. The molecule has 2 aliphatic rings. The lowest BCUT2D eigenvalue weighted by atomic mass is 10.1. The van der Waals surface area contributed by atoms with Crippen LogP contribution >= 0.6 is 12.2 Å². The predicted molar refractivity (Wildman–Crippen MR) is 99.3 cm³/mol. The Morgan fingerprint density at radius 3 is 2.59 bits per heavy atom. The molecule has 0 spiro atoms. The number of carbonyl (C=O) groups is 1. The van der Waals surface area contributed by atoms with Gasteiger partial charge in [0.1, 0.15) is 6.04 Å². The number of thiocarbonyl (C=S) groups is 1. The van der Waals surface area contributed by atoms with E-state index in [2.05, 4.69) is 0 Å². The van der Waals surface area contributed by atoms with E-state index < -0.39 is 34.2 Å². The van der Waals surface area contributed by atoms with Gasteiger partial charge in [-0.25, -0.2) is 0 Å². The van der Waals surface area contributed by atoms with Gasteiger partial charge in [-0.3, -0.25) is 19.8 Å². The number of nitro benzene ring substituents is 1. The van der Waals surface area contributed by atoms with Crippen molar-refractivity contribution >= 4 is 40.3 Å². The Kier molecular flexibility index (Phi) is 4.06. The van der Waals surface area contributed by atoms with Gasteiger partial charge in [-0.15, -0.1) is 0 Å². The summed E-state index contributed by atoms with van der Waals surface area (Å²) < 4.78 is 39.8. The van der Waals surface area contributed by atoms with Crippen LogP contribution in [0.2, 0.25) is 0 Å². The van der Waals surface area contributed by atoms with Gasteiger partial charge in [0.05, 0.1) is 27.8 Å². The molecule has 11 heteroatoms. The fraction of sp³-hybridized carbons (Fsp3) is 0.167. The second kappa shape index (κ2) is 6.25.